The van der Waals surface area contributed by atoms with Crippen molar-refractivity contribution in [3.63, 3.8) is 0 Å². The number of nitrogens with one attached hydrogen (secondary N) is 1. The lowest BCUT2D eigenvalue weighted by molar-refractivity contribution is 0.0944. The summed E-state index contributed by atoms with van der Waals surface area (Å²) in [7, 11) is 1.59. The summed E-state index contributed by atoms with van der Waals surface area (Å²) in [5.41, 5.74) is 1.02. The van der Waals surface area contributed by atoms with Crippen LogP contribution in [0.5, 0.6) is 5.88 Å². The summed E-state index contributed by atoms with van der Waals surface area (Å²) in [6.07, 6.45) is 4.14. The van der Waals surface area contributed by atoms with E-state index in [2.05, 4.69) is 20.2 Å². The molecule has 0 aromatic carbocycles. The molecule has 0 radical (unpaired) electrons. The number of nitrogens with zero attached hydrogens (tertiary/aromatic N) is 3. The highest BCUT2D eigenvalue weighted by atomic mass is 32.1. The van der Waals surface area contributed by atoms with E-state index in [1.54, 1.807) is 19.5 Å². The van der Waals surface area contributed by atoms with Crippen LogP contribution in [0.2, 0.25) is 0 Å². The van der Waals surface area contributed by atoms with E-state index in [1.807, 2.05) is 18.4 Å². The highest BCUT2D eigenvalue weighted by molar-refractivity contribution is 7.12. The van der Waals surface area contributed by atoms with Crippen LogP contribution in [-0.2, 0) is 0 Å². The van der Waals surface area contributed by atoms with E-state index < -0.39 is 0 Å². The molecule has 1 N–H and O–H groups in total. The second-order valence-corrected chi connectivity index (χ2v) is 6.14. The second kappa shape index (κ2) is 6.31. The third-order valence-corrected chi connectivity index (χ3v) is 4.75. The lowest BCUT2D eigenvalue weighted by atomic mass is 10.2. The fourth-order valence-electron chi connectivity index (χ4n) is 2.61. The van der Waals surface area contributed by atoms with Gasteiger partial charge in [-0.3, -0.25) is 4.79 Å². The van der Waals surface area contributed by atoms with Crippen LogP contribution in [0.4, 0.5) is 5.82 Å². The van der Waals surface area contributed by atoms with Crippen LogP contribution >= 0.6 is 11.3 Å². The molecule has 1 amide bonds. The van der Waals surface area contributed by atoms with Gasteiger partial charge in [-0.15, -0.1) is 11.3 Å². The first kappa shape index (κ1) is 14.8. The van der Waals surface area contributed by atoms with Crippen molar-refractivity contribution < 1.29 is 9.53 Å². The van der Waals surface area contributed by atoms with Gasteiger partial charge in [-0.2, -0.15) is 0 Å². The lowest BCUT2D eigenvalue weighted by Crippen LogP contribution is -2.37. The standard InChI is InChI=1S/C15H18N4O2S/c1-10-4-8-22-12(10)14(20)18-11-3-7-19(9-11)13-15(21-2)17-6-5-16-13/h4-6,8,11H,3,7,9H2,1-2H3,(H,18,20). The van der Waals surface area contributed by atoms with Gasteiger partial charge in [0.15, 0.2) is 5.82 Å². The second-order valence-electron chi connectivity index (χ2n) is 5.23. The average molecular weight is 318 g/mol. The van der Waals surface area contributed by atoms with Crippen LogP contribution in [0.25, 0.3) is 0 Å². The number of rotatable bonds is 4. The van der Waals surface area contributed by atoms with Crippen LogP contribution in [-0.4, -0.2) is 42.1 Å². The number of thiophene rings is 1. The molecule has 1 aliphatic rings. The number of anilines is 1. The Labute approximate surface area is 133 Å². The molecule has 1 fully saturated rings. The topological polar surface area (TPSA) is 67.4 Å². The number of carbonyl (C=O) groups is 1. The molecule has 0 saturated carbocycles. The number of methoxy groups -OCH3 is 1. The van der Waals surface area contributed by atoms with Gasteiger partial charge >= 0.3 is 0 Å². The van der Waals surface area contributed by atoms with E-state index in [-0.39, 0.29) is 11.9 Å². The number of amides is 1. The quantitative estimate of drug-likeness (QED) is 0.932. The first-order chi connectivity index (χ1) is 10.7. The molecule has 0 spiro atoms. The van der Waals surface area contributed by atoms with Gasteiger partial charge in [-0.1, -0.05) is 0 Å². The Morgan fingerprint density at radius 2 is 2.27 bits per heavy atom. The van der Waals surface area contributed by atoms with E-state index >= 15 is 0 Å². The predicted molar refractivity (Wildman–Crippen MR) is 85.7 cm³/mol. The van der Waals surface area contributed by atoms with Crippen molar-refractivity contribution in [3.05, 3.63) is 34.3 Å². The van der Waals surface area contributed by atoms with E-state index in [9.17, 15) is 4.79 Å². The molecular formula is C15H18N4O2S. The van der Waals surface area contributed by atoms with Crippen LogP contribution in [0.15, 0.2) is 23.8 Å². The first-order valence-corrected chi connectivity index (χ1v) is 8.02. The lowest BCUT2D eigenvalue weighted by Gasteiger charge is -2.19. The zero-order valence-electron chi connectivity index (χ0n) is 12.6. The number of hydrogen-bond acceptors (Lipinski definition) is 6. The highest BCUT2D eigenvalue weighted by Crippen LogP contribution is 2.26. The number of ether oxygens (including phenoxy) is 1. The van der Waals surface area contributed by atoms with Gasteiger partial charge in [0.1, 0.15) is 0 Å². The van der Waals surface area contributed by atoms with Crippen LogP contribution < -0.4 is 15.0 Å². The Hall–Kier alpha value is -2.15. The molecule has 1 saturated heterocycles. The van der Waals surface area contributed by atoms with Crippen LogP contribution in [0, 0.1) is 6.92 Å². The van der Waals surface area contributed by atoms with E-state index in [0.717, 1.165) is 29.2 Å². The number of aromatic nitrogens is 2. The number of carbonyl (C=O) groups excluding carboxylic acids is 1. The SMILES string of the molecule is COc1nccnc1N1CCC(NC(=O)c2sccc2C)C1. The Kier molecular flexibility index (Phi) is 4.24. The van der Waals surface area contributed by atoms with E-state index in [0.29, 0.717) is 12.4 Å². The molecule has 2 aromatic rings. The minimum absolute atomic E-state index is 0.00506. The molecule has 3 heterocycles. The van der Waals surface area contributed by atoms with Crippen molar-refractivity contribution in [1.29, 1.82) is 0 Å². The van der Waals surface area contributed by atoms with Gasteiger partial charge in [0.25, 0.3) is 11.8 Å². The molecule has 0 bridgehead atoms. The summed E-state index contributed by atoms with van der Waals surface area (Å²) < 4.78 is 5.25. The molecule has 6 nitrogen and oxygen atoms in total. The van der Waals surface area contributed by atoms with Gasteiger partial charge in [0.05, 0.1) is 12.0 Å². The molecule has 1 atom stereocenters. The molecule has 7 heteroatoms. The van der Waals surface area contributed by atoms with E-state index in [1.165, 1.54) is 11.3 Å². The molecule has 1 aliphatic heterocycles. The Balaban J connectivity index is 1.65. The summed E-state index contributed by atoms with van der Waals surface area (Å²) in [5, 5.41) is 5.04. The summed E-state index contributed by atoms with van der Waals surface area (Å²) in [6.45, 7) is 3.49. The zero-order valence-corrected chi connectivity index (χ0v) is 13.4. The Morgan fingerprint density at radius 3 is 3.00 bits per heavy atom. The maximum Gasteiger partial charge on any atom is 0.261 e. The molecular weight excluding hydrogens is 300 g/mol. The minimum Gasteiger partial charge on any atom is -0.478 e. The monoisotopic (exact) mass is 318 g/mol. The van der Waals surface area contributed by atoms with Crippen molar-refractivity contribution in [2.75, 3.05) is 25.1 Å². The largest absolute Gasteiger partial charge is 0.478 e. The highest BCUT2D eigenvalue weighted by Gasteiger charge is 2.27. The maximum absolute atomic E-state index is 12.3. The summed E-state index contributed by atoms with van der Waals surface area (Å²) in [5.74, 6) is 1.25. The Bertz CT molecular complexity index is 673. The minimum atomic E-state index is 0.00506. The Morgan fingerprint density at radius 1 is 1.45 bits per heavy atom. The first-order valence-electron chi connectivity index (χ1n) is 7.14. The van der Waals surface area contributed by atoms with Crippen molar-refractivity contribution in [2.24, 2.45) is 0 Å². The molecule has 0 aliphatic carbocycles. The van der Waals surface area contributed by atoms with Crippen molar-refractivity contribution in [2.45, 2.75) is 19.4 Å². The number of aryl methyl sites for hydroxylation is 1. The third kappa shape index (κ3) is 2.89. The molecule has 1 unspecified atom stereocenters. The summed E-state index contributed by atoms with van der Waals surface area (Å²) >= 11 is 1.48. The van der Waals surface area contributed by atoms with Crippen LogP contribution in [0.1, 0.15) is 21.7 Å². The molecule has 2 aromatic heterocycles. The molecule has 22 heavy (non-hydrogen) atoms. The summed E-state index contributed by atoms with van der Waals surface area (Å²) in [6, 6.07) is 2.08. The third-order valence-electron chi connectivity index (χ3n) is 3.73. The normalized spacial score (nSPS) is 17.5. The van der Waals surface area contributed by atoms with Crippen molar-refractivity contribution in [1.82, 2.24) is 15.3 Å². The molecule has 3 rings (SSSR count). The van der Waals surface area contributed by atoms with Crippen molar-refractivity contribution in [3.8, 4) is 5.88 Å². The zero-order chi connectivity index (χ0) is 15.5. The predicted octanol–water partition coefficient (Wildman–Crippen LogP) is 1.86. The van der Waals surface area contributed by atoms with Crippen molar-refractivity contribution >= 4 is 23.1 Å². The van der Waals surface area contributed by atoms with Gasteiger partial charge in [0.2, 0.25) is 0 Å². The van der Waals surface area contributed by atoms with Gasteiger partial charge in [0, 0.05) is 31.5 Å². The average Bonchev–Trinajstić information content (AvgIpc) is 3.16. The summed E-state index contributed by atoms with van der Waals surface area (Å²) in [4.78, 5) is 23.7. The smallest absolute Gasteiger partial charge is 0.261 e. The van der Waals surface area contributed by atoms with E-state index in [4.69, 9.17) is 4.74 Å². The number of hydrogen-bond donors (Lipinski definition) is 1. The van der Waals surface area contributed by atoms with Gasteiger partial charge < -0.3 is 15.0 Å². The fourth-order valence-corrected chi connectivity index (χ4v) is 3.43. The van der Waals surface area contributed by atoms with Gasteiger partial charge in [-0.05, 0) is 30.4 Å². The molecule has 116 valence electrons. The van der Waals surface area contributed by atoms with Crippen LogP contribution in [0.3, 0.4) is 0 Å². The maximum atomic E-state index is 12.3. The fraction of sp³-hybridized carbons (Fsp3) is 0.400. The van der Waals surface area contributed by atoms with Gasteiger partial charge in [-0.25, -0.2) is 9.97 Å².